The molecule has 4 aromatic carbocycles. The van der Waals surface area contributed by atoms with Crippen molar-refractivity contribution in [3.8, 4) is 16.9 Å². The van der Waals surface area contributed by atoms with Crippen molar-refractivity contribution in [1.29, 1.82) is 0 Å². The first-order valence-corrected chi connectivity index (χ1v) is 18.4. The Balaban J connectivity index is 0.813. The molecule has 0 spiro atoms. The van der Waals surface area contributed by atoms with Crippen molar-refractivity contribution in [2.75, 3.05) is 36.8 Å². The largest absolute Gasteiger partial charge is 0.506 e. The Labute approximate surface area is 317 Å². The van der Waals surface area contributed by atoms with E-state index in [1.165, 1.54) is 12.1 Å². The standard InChI is InChI=1S/C43H43N5O7/c49-37-17-15-34(35-16-19-40(51)47-41(35)37)38(50)27-44-26-32-14-18-39(54-32)42(52)45-30-12-10-28(11-13-30)20-23-48-24-21-31(22-25-48)55-43(53)46-36-9-5-4-8-33(36)29-6-2-1-3-7-29/h1-19,31,38,44,49-50H,20-27H2,(H,45,52)(H,46,53)(H,47,51)/t38-/m1/s1. The van der Waals surface area contributed by atoms with Crippen molar-refractivity contribution >= 4 is 34.3 Å². The molecular formula is C43H43N5O7. The number of pyridine rings is 1. The van der Waals surface area contributed by atoms with Crippen LogP contribution in [0.2, 0.25) is 0 Å². The molecule has 1 fully saturated rings. The molecule has 12 nitrogen and oxygen atoms in total. The smallest absolute Gasteiger partial charge is 0.411 e. The predicted octanol–water partition coefficient (Wildman–Crippen LogP) is 6.82. The molecule has 0 aliphatic carbocycles. The number of amides is 2. The van der Waals surface area contributed by atoms with Crippen LogP contribution in [0.5, 0.6) is 5.75 Å². The third-order valence-corrected chi connectivity index (χ3v) is 9.77. The number of ether oxygens (including phenoxy) is 1. The number of anilines is 2. The van der Waals surface area contributed by atoms with Crippen molar-refractivity contribution in [2.24, 2.45) is 0 Å². The number of phenolic OH excluding ortho intramolecular Hbond substituents is 1. The molecule has 3 heterocycles. The molecule has 6 aromatic rings. The van der Waals surface area contributed by atoms with E-state index in [0.29, 0.717) is 22.4 Å². The van der Waals surface area contributed by atoms with Crippen LogP contribution in [0.3, 0.4) is 0 Å². The number of H-pyrrole nitrogens is 1. The van der Waals surface area contributed by atoms with Crippen LogP contribution in [0.1, 0.15) is 46.4 Å². The monoisotopic (exact) mass is 741 g/mol. The topological polar surface area (TPSA) is 169 Å². The summed E-state index contributed by atoms with van der Waals surface area (Å²) in [6.07, 6.45) is 0.899. The van der Waals surface area contributed by atoms with Gasteiger partial charge >= 0.3 is 6.09 Å². The number of phenols is 1. The number of furan rings is 1. The van der Waals surface area contributed by atoms with Crippen molar-refractivity contribution in [3.63, 3.8) is 0 Å². The highest BCUT2D eigenvalue weighted by atomic mass is 16.6. The summed E-state index contributed by atoms with van der Waals surface area (Å²) in [5.41, 5.74) is 4.97. The number of carbonyl (C=O) groups is 2. The summed E-state index contributed by atoms with van der Waals surface area (Å²) in [4.78, 5) is 42.3. The summed E-state index contributed by atoms with van der Waals surface area (Å²) >= 11 is 0. The van der Waals surface area contributed by atoms with Gasteiger partial charge in [-0.15, -0.1) is 0 Å². The molecule has 7 rings (SSSR count). The summed E-state index contributed by atoms with van der Waals surface area (Å²) in [5.74, 6) is 0.242. The van der Waals surface area contributed by atoms with Crippen molar-refractivity contribution < 1.29 is 29.0 Å². The number of aromatic nitrogens is 1. The van der Waals surface area contributed by atoms with Gasteiger partial charge in [0.25, 0.3) is 5.91 Å². The number of aromatic amines is 1. The molecule has 12 heteroatoms. The molecule has 1 saturated heterocycles. The number of aliphatic hydroxyl groups excluding tert-OH is 1. The number of hydrogen-bond donors (Lipinski definition) is 6. The van der Waals surface area contributed by atoms with Gasteiger partial charge in [0.2, 0.25) is 5.56 Å². The molecule has 1 aliphatic heterocycles. The van der Waals surface area contributed by atoms with Crippen LogP contribution in [0, 0.1) is 0 Å². The molecule has 1 atom stereocenters. The number of piperidine rings is 1. The number of nitrogens with one attached hydrogen (secondary N) is 4. The molecule has 0 unspecified atom stereocenters. The van der Waals surface area contributed by atoms with Gasteiger partial charge in [-0.25, -0.2) is 4.79 Å². The van der Waals surface area contributed by atoms with Crippen molar-refractivity contribution in [1.82, 2.24) is 15.2 Å². The SMILES string of the molecule is O=C(Nc1ccccc1-c1ccccc1)OC1CCN(CCc2ccc(NC(=O)c3ccc(CNC[C@@H](O)c4ccc(O)c5[nH]c(=O)ccc45)o3)cc2)CC1. The van der Waals surface area contributed by atoms with Crippen LogP contribution in [-0.4, -0.2) is 64.4 Å². The first-order valence-electron chi connectivity index (χ1n) is 18.4. The van der Waals surface area contributed by atoms with Gasteiger partial charge in [-0.3, -0.25) is 14.9 Å². The Bertz CT molecular complexity index is 2300. The fourth-order valence-electron chi connectivity index (χ4n) is 6.82. The van der Waals surface area contributed by atoms with Crippen LogP contribution in [0.15, 0.2) is 124 Å². The fourth-order valence-corrected chi connectivity index (χ4v) is 6.82. The lowest BCUT2D eigenvalue weighted by atomic mass is 10.0. The number of hydrogen-bond acceptors (Lipinski definition) is 9. The van der Waals surface area contributed by atoms with E-state index in [4.69, 9.17) is 9.15 Å². The van der Waals surface area contributed by atoms with Gasteiger partial charge in [0.05, 0.1) is 23.9 Å². The summed E-state index contributed by atoms with van der Waals surface area (Å²) in [6, 6.07) is 34.7. The van der Waals surface area contributed by atoms with Gasteiger partial charge in [0.1, 0.15) is 17.6 Å². The number of carbonyl (C=O) groups excluding carboxylic acids is 2. The number of rotatable bonds is 13. The van der Waals surface area contributed by atoms with Crippen molar-refractivity contribution in [3.05, 3.63) is 148 Å². The number of likely N-dealkylation sites (tertiary alicyclic amines) is 1. The first-order chi connectivity index (χ1) is 26.8. The van der Waals surface area contributed by atoms with E-state index < -0.39 is 12.2 Å². The predicted molar refractivity (Wildman–Crippen MR) is 211 cm³/mol. The highest BCUT2D eigenvalue weighted by Crippen LogP contribution is 2.30. The Hall–Kier alpha value is -6.21. The third kappa shape index (κ3) is 9.48. The van der Waals surface area contributed by atoms with E-state index in [9.17, 15) is 24.6 Å². The molecule has 282 valence electrons. The molecule has 1 aliphatic rings. The minimum Gasteiger partial charge on any atom is -0.506 e. The van der Waals surface area contributed by atoms with Crippen LogP contribution in [0.25, 0.3) is 22.0 Å². The van der Waals surface area contributed by atoms with E-state index in [1.54, 1.807) is 24.3 Å². The number of fused-ring (bicyclic) bond motifs is 1. The van der Waals surface area contributed by atoms with E-state index >= 15 is 0 Å². The molecule has 6 N–H and O–H groups in total. The van der Waals surface area contributed by atoms with Gasteiger partial charge in [0, 0.05) is 48.9 Å². The zero-order chi connectivity index (χ0) is 38.1. The van der Waals surface area contributed by atoms with Crippen molar-refractivity contribution in [2.45, 2.75) is 38.0 Å². The minimum absolute atomic E-state index is 0.0739. The van der Waals surface area contributed by atoms with E-state index in [2.05, 4.69) is 25.8 Å². The number of aromatic hydroxyl groups is 1. The average molecular weight is 742 g/mol. The summed E-state index contributed by atoms with van der Waals surface area (Å²) in [7, 11) is 0. The number of aliphatic hydroxyl groups is 1. The van der Waals surface area contributed by atoms with Crippen LogP contribution in [-0.2, 0) is 17.7 Å². The second-order valence-electron chi connectivity index (χ2n) is 13.6. The van der Waals surface area contributed by atoms with Gasteiger partial charge in [-0.05, 0) is 78.4 Å². The van der Waals surface area contributed by atoms with Crippen LogP contribution < -0.4 is 21.5 Å². The van der Waals surface area contributed by atoms with E-state index in [1.807, 2.05) is 78.9 Å². The first kappa shape index (κ1) is 37.1. The zero-order valence-corrected chi connectivity index (χ0v) is 30.2. The second kappa shape index (κ2) is 17.3. The molecule has 0 saturated carbocycles. The zero-order valence-electron chi connectivity index (χ0n) is 30.2. The lowest BCUT2D eigenvalue weighted by Crippen LogP contribution is -2.39. The molecule has 2 aromatic heterocycles. The fraction of sp³-hybridized carbons (Fsp3) is 0.233. The molecule has 55 heavy (non-hydrogen) atoms. The third-order valence-electron chi connectivity index (χ3n) is 9.77. The lowest BCUT2D eigenvalue weighted by molar-refractivity contribution is 0.0593. The van der Waals surface area contributed by atoms with Gasteiger partial charge in [0.15, 0.2) is 5.76 Å². The van der Waals surface area contributed by atoms with Gasteiger partial charge in [-0.1, -0.05) is 66.7 Å². The quantitative estimate of drug-likeness (QED) is 0.0744. The van der Waals surface area contributed by atoms with Gasteiger partial charge < -0.3 is 39.9 Å². The molecule has 0 bridgehead atoms. The Morgan fingerprint density at radius 3 is 2.44 bits per heavy atom. The number of benzene rings is 4. The summed E-state index contributed by atoms with van der Waals surface area (Å²) < 4.78 is 11.5. The van der Waals surface area contributed by atoms with E-state index in [-0.39, 0.29) is 47.7 Å². The average Bonchev–Trinajstić information content (AvgIpc) is 3.68. The molecule has 0 radical (unpaired) electrons. The Kier molecular flexibility index (Phi) is 11.7. The number of para-hydroxylation sites is 1. The Morgan fingerprint density at radius 1 is 0.873 bits per heavy atom. The maximum absolute atomic E-state index is 12.9. The lowest BCUT2D eigenvalue weighted by Gasteiger charge is -2.31. The highest BCUT2D eigenvalue weighted by Gasteiger charge is 2.23. The maximum atomic E-state index is 12.9. The van der Waals surface area contributed by atoms with Crippen LogP contribution >= 0.6 is 0 Å². The number of nitrogens with zero attached hydrogens (tertiary/aromatic N) is 1. The highest BCUT2D eigenvalue weighted by molar-refractivity contribution is 6.02. The van der Waals surface area contributed by atoms with E-state index in [0.717, 1.165) is 61.3 Å². The maximum Gasteiger partial charge on any atom is 0.411 e. The second-order valence-corrected chi connectivity index (χ2v) is 13.6. The van der Waals surface area contributed by atoms with Gasteiger partial charge in [-0.2, -0.15) is 0 Å². The molecule has 2 amide bonds. The summed E-state index contributed by atoms with van der Waals surface area (Å²) in [5, 5.41) is 30.4. The van der Waals surface area contributed by atoms with Crippen LogP contribution in [0.4, 0.5) is 16.2 Å². The molecular weight excluding hydrogens is 699 g/mol. The summed E-state index contributed by atoms with van der Waals surface area (Å²) in [6.45, 7) is 3.00. The minimum atomic E-state index is -0.920. The normalized spacial score (nSPS) is 14.1. The Morgan fingerprint density at radius 2 is 1.64 bits per heavy atom.